The molecule has 0 aromatic heterocycles. The van der Waals surface area contributed by atoms with Gasteiger partial charge in [0.2, 0.25) is 0 Å². The normalized spacial score (nSPS) is 10.5. The van der Waals surface area contributed by atoms with E-state index in [-0.39, 0.29) is 40.8 Å². The lowest BCUT2D eigenvalue weighted by atomic mass is 10.1. The van der Waals surface area contributed by atoms with Crippen LogP contribution in [0.15, 0.2) is 58.1 Å². The molecule has 9 heteroatoms. The number of amides is 2. The molecule has 3 aromatic rings. The number of hydrogen-bond acceptors (Lipinski definition) is 7. The third-order valence-corrected chi connectivity index (χ3v) is 4.67. The molecule has 0 unspecified atom stereocenters. The molecule has 0 aliphatic heterocycles. The second-order valence-electron chi connectivity index (χ2n) is 6.96. The molecule has 0 bridgehead atoms. The minimum absolute atomic E-state index is 0.0395. The van der Waals surface area contributed by atoms with E-state index < -0.39 is 16.8 Å². The number of phenols is 1. The molecule has 0 aliphatic rings. The predicted octanol–water partition coefficient (Wildman–Crippen LogP) is 1.92. The van der Waals surface area contributed by atoms with Crippen molar-refractivity contribution in [3.63, 3.8) is 0 Å². The van der Waals surface area contributed by atoms with Gasteiger partial charge in [-0.3, -0.25) is 29.6 Å². The summed E-state index contributed by atoms with van der Waals surface area (Å²) in [7, 11) is 3.09. The number of carbonyl (C=O) groups is 2. The fraction of sp³-hybridized carbons (Fsp3) is 0.182. The van der Waals surface area contributed by atoms with Gasteiger partial charge in [-0.2, -0.15) is 0 Å². The molecule has 2 amide bonds. The highest BCUT2D eigenvalue weighted by molar-refractivity contribution is 5.99. The first-order chi connectivity index (χ1) is 14.8. The van der Waals surface area contributed by atoms with Gasteiger partial charge in [0.05, 0.1) is 11.3 Å². The zero-order chi connectivity index (χ0) is 22.7. The highest BCUT2D eigenvalue weighted by Gasteiger charge is 2.26. The van der Waals surface area contributed by atoms with Crippen LogP contribution in [0, 0.1) is 0 Å². The summed E-state index contributed by atoms with van der Waals surface area (Å²) >= 11 is 0. The number of aromatic hydroxyl groups is 1. The molecular formula is C22H22N4O5. The number of hydrazine groups is 1. The number of benzene rings is 2. The zero-order valence-electron chi connectivity index (χ0n) is 17.3. The summed E-state index contributed by atoms with van der Waals surface area (Å²) in [6, 6.07) is 12.9. The van der Waals surface area contributed by atoms with Crippen molar-refractivity contribution in [1.29, 1.82) is 0 Å². The molecule has 0 fully saturated rings. The number of rotatable bonds is 7. The van der Waals surface area contributed by atoms with Crippen molar-refractivity contribution in [1.82, 2.24) is 9.91 Å². The summed E-state index contributed by atoms with van der Waals surface area (Å²) in [6.45, 7) is 1.94. The Bertz CT molecular complexity index is 1200. The van der Waals surface area contributed by atoms with Gasteiger partial charge in [-0.1, -0.05) is 24.3 Å². The van der Waals surface area contributed by atoms with Gasteiger partial charge in [0.25, 0.3) is 22.7 Å². The van der Waals surface area contributed by atoms with Crippen LogP contribution in [-0.4, -0.2) is 47.5 Å². The molecule has 31 heavy (non-hydrogen) atoms. The molecule has 0 atom stereocenters. The van der Waals surface area contributed by atoms with E-state index in [0.717, 1.165) is 0 Å². The molecule has 3 aromatic carbocycles. The van der Waals surface area contributed by atoms with Gasteiger partial charge in [0, 0.05) is 26.2 Å². The van der Waals surface area contributed by atoms with Crippen LogP contribution >= 0.6 is 0 Å². The van der Waals surface area contributed by atoms with Gasteiger partial charge >= 0.3 is 0 Å². The van der Waals surface area contributed by atoms with E-state index in [1.54, 1.807) is 51.4 Å². The second kappa shape index (κ2) is 8.70. The summed E-state index contributed by atoms with van der Waals surface area (Å²) in [6.07, 6.45) is 0. The smallest absolute Gasteiger partial charge is 0.272 e. The average Bonchev–Trinajstić information content (AvgIpc) is 2.79. The molecular weight excluding hydrogens is 400 g/mol. The lowest BCUT2D eigenvalue weighted by molar-refractivity contribution is 0.0798. The largest absolute Gasteiger partial charge is 0.505 e. The van der Waals surface area contributed by atoms with Crippen LogP contribution in [0.5, 0.6) is 5.75 Å². The SMILES string of the molecule is CCN(Nc1c(Nc2cccc(C(=O)N(C)C)c2O)c(=O)c1=O)C(=O)c1ccccc1. The van der Waals surface area contributed by atoms with E-state index in [0.29, 0.717) is 5.56 Å². The number of nitrogens with one attached hydrogen (secondary N) is 2. The van der Waals surface area contributed by atoms with Crippen LogP contribution in [0.4, 0.5) is 17.1 Å². The number of anilines is 3. The zero-order valence-corrected chi connectivity index (χ0v) is 17.3. The van der Waals surface area contributed by atoms with Crippen molar-refractivity contribution < 1.29 is 14.7 Å². The highest BCUT2D eigenvalue weighted by Crippen LogP contribution is 2.32. The van der Waals surface area contributed by atoms with Crippen molar-refractivity contribution >= 4 is 28.9 Å². The van der Waals surface area contributed by atoms with Gasteiger partial charge in [-0.15, -0.1) is 0 Å². The Morgan fingerprint density at radius 1 is 0.903 bits per heavy atom. The molecule has 3 rings (SSSR count). The first-order valence-corrected chi connectivity index (χ1v) is 9.53. The maximum absolute atomic E-state index is 12.7. The number of phenolic OH excluding ortho intramolecular Hbond substituents is 1. The van der Waals surface area contributed by atoms with E-state index in [1.165, 1.54) is 28.1 Å². The fourth-order valence-electron chi connectivity index (χ4n) is 2.96. The monoisotopic (exact) mass is 422 g/mol. The molecule has 0 radical (unpaired) electrons. The van der Waals surface area contributed by atoms with Gasteiger partial charge in [-0.25, -0.2) is 0 Å². The third kappa shape index (κ3) is 4.11. The number of para-hydroxylation sites is 1. The van der Waals surface area contributed by atoms with E-state index >= 15 is 0 Å². The molecule has 0 aliphatic carbocycles. The molecule has 160 valence electrons. The lowest BCUT2D eigenvalue weighted by Crippen LogP contribution is -2.44. The van der Waals surface area contributed by atoms with Crippen LogP contribution in [0.2, 0.25) is 0 Å². The first kappa shape index (κ1) is 21.6. The minimum Gasteiger partial charge on any atom is -0.505 e. The molecule has 9 nitrogen and oxygen atoms in total. The Morgan fingerprint density at radius 2 is 1.55 bits per heavy atom. The van der Waals surface area contributed by atoms with Gasteiger partial charge in [0.15, 0.2) is 5.75 Å². The number of hydrogen-bond donors (Lipinski definition) is 3. The Labute approximate surface area is 178 Å². The standard InChI is InChI=1S/C22H22N4O5/c1-4-26(21(30)13-9-6-5-7-10-13)24-17-16(19(28)20(17)29)23-15-12-8-11-14(18(15)27)22(31)25(2)3/h5-12,23-24,27H,4H2,1-3H3. The van der Waals surface area contributed by atoms with Crippen LogP contribution in [0.1, 0.15) is 27.6 Å². The Hall–Kier alpha value is -4.14. The van der Waals surface area contributed by atoms with Crippen LogP contribution in [-0.2, 0) is 0 Å². The molecule has 0 spiro atoms. The summed E-state index contributed by atoms with van der Waals surface area (Å²) in [5, 5.41) is 14.4. The summed E-state index contributed by atoms with van der Waals surface area (Å²) < 4.78 is 0. The van der Waals surface area contributed by atoms with Gasteiger partial charge in [0.1, 0.15) is 11.4 Å². The fourth-order valence-corrected chi connectivity index (χ4v) is 2.96. The van der Waals surface area contributed by atoms with Crippen molar-refractivity contribution in [2.75, 3.05) is 31.4 Å². The van der Waals surface area contributed by atoms with Crippen molar-refractivity contribution in [2.45, 2.75) is 6.92 Å². The molecule has 0 saturated heterocycles. The van der Waals surface area contributed by atoms with Crippen molar-refractivity contribution in [3.05, 3.63) is 80.1 Å². The van der Waals surface area contributed by atoms with Crippen LogP contribution in [0.25, 0.3) is 0 Å². The number of nitrogens with zero attached hydrogens (tertiary/aromatic N) is 2. The highest BCUT2D eigenvalue weighted by atomic mass is 16.3. The predicted molar refractivity (Wildman–Crippen MR) is 118 cm³/mol. The van der Waals surface area contributed by atoms with Crippen molar-refractivity contribution in [2.24, 2.45) is 0 Å². The first-order valence-electron chi connectivity index (χ1n) is 9.53. The van der Waals surface area contributed by atoms with E-state index in [2.05, 4.69) is 10.7 Å². The molecule has 3 N–H and O–H groups in total. The summed E-state index contributed by atoms with van der Waals surface area (Å²) in [4.78, 5) is 50.5. The number of carbonyl (C=O) groups excluding carboxylic acids is 2. The summed E-state index contributed by atoms with van der Waals surface area (Å²) in [5.41, 5.74) is 1.45. The Balaban J connectivity index is 1.88. The molecule has 0 heterocycles. The Morgan fingerprint density at radius 3 is 2.16 bits per heavy atom. The van der Waals surface area contributed by atoms with Gasteiger partial charge < -0.3 is 15.3 Å². The summed E-state index contributed by atoms with van der Waals surface area (Å²) in [5.74, 6) is -1.15. The maximum Gasteiger partial charge on any atom is 0.272 e. The van der Waals surface area contributed by atoms with Crippen LogP contribution < -0.4 is 21.6 Å². The second-order valence-corrected chi connectivity index (χ2v) is 6.96. The van der Waals surface area contributed by atoms with E-state index in [9.17, 15) is 24.3 Å². The third-order valence-electron chi connectivity index (χ3n) is 4.67. The topological polar surface area (TPSA) is 119 Å². The maximum atomic E-state index is 12.7. The Kier molecular flexibility index (Phi) is 6.05. The van der Waals surface area contributed by atoms with Crippen molar-refractivity contribution in [3.8, 4) is 5.75 Å². The minimum atomic E-state index is -0.797. The lowest BCUT2D eigenvalue weighted by Gasteiger charge is -2.25. The van der Waals surface area contributed by atoms with E-state index in [1.807, 2.05) is 0 Å². The van der Waals surface area contributed by atoms with E-state index in [4.69, 9.17) is 0 Å². The quantitative estimate of drug-likeness (QED) is 0.302. The van der Waals surface area contributed by atoms with Gasteiger partial charge in [-0.05, 0) is 31.2 Å². The average molecular weight is 422 g/mol. The molecule has 0 saturated carbocycles. The van der Waals surface area contributed by atoms with Crippen LogP contribution in [0.3, 0.4) is 0 Å².